The Balaban J connectivity index is 1.73. The van der Waals surface area contributed by atoms with Gasteiger partial charge in [0.15, 0.2) is 5.11 Å². The van der Waals surface area contributed by atoms with Crippen LogP contribution in [0.2, 0.25) is 0 Å². The average molecular weight is 333 g/mol. The van der Waals surface area contributed by atoms with E-state index < -0.39 is 4.92 Å². The molecule has 0 saturated carbocycles. The summed E-state index contributed by atoms with van der Waals surface area (Å²) in [7, 11) is 0. The molecule has 1 atom stereocenters. The van der Waals surface area contributed by atoms with Gasteiger partial charge in [0.2, 0.25) is 0 Å². The fourth-order valence-corrected chi connectivity index (χ4v) is 2.86. The molecule has 120 valence electrons. The summed E-state index contributed by atoms with van der Waals surface area (Å²) in [5.41, 5.74) is 1.06. The molecule has 2 saturated heterocycles. The monoisotopic (exact) mass is 333 g/mol. The Kier molecular flexibility index (Phi) is 4.35. The molecular weight excluding hydrogens is 318 g/mol. The SMILES string of the molecule is O=C1/C(=C\c2ccc([N+](=O)[O-])cc2)NC(=S)N1CC1CCCO1. The van der Waals surface area contributed by atoms with Gasteiger partial charge in [-0.1, -0.05) is 0 Å². The summed E-state index contributed by atoms with van der Waals surface area (Å²) in [6, 6.07) is 5.97. The van der Waals surface area contributed by atoms with E-state index in [1.165, 1.54) is 17.0 Å². The Labute approximate surface area is 138 Å². The molecule has 7 nitrogen and oxygen atoms in total. The summed E-state index contributed by atoms with van der Waals surface area (Å²) in [6.45, 7) is 1.17. The number of thiocarbonyl (C=S) groups is 1. The molecule has 3 rings (SSSR count). The molecule has 0 aromatic heterocycles. The van der Waals surface area contributed by atoms with E-state index in [2.05, 4.69) is 5.32 Å². The van der Waals surface area contributed by atoms with Crippen molar-refractivity contribution in [1.82, 2.24) is 10.2 Å². The van der Waals surface area contributed by atoms with Crippen molar-refractivity contribution in [3.8, 4) is 0 Å². The number of non-ortho nitro benzene ring substituents is 1. The number of amides is 1. The standard InChI is InChI=1S/C15H15N3O4S/c19-14-13(8-10-3-5-11(6-4-10)18(20)21)16-15(23)17(14)9-12-2-1-7-22-12/h3-6,8,12H,1-2,7,9H2,(H,16,23)/b13-8+. The quantitative estimate of drug-likeness (QED) is 0.392. The molecule has 1 aromatic rings. The second-order valence-corrected chi connectivity index (χ2v) is 5.77. The number of hydrogen-bond acceptors (Lipinski definition) is 5. The topological polar surface area (TPSA) is 84.7 Å². The van der Waals surface area contributed by atoms with Gasteiger partial charge >= 0.3 is 0 Å². The average Bonchev–Trinajstić information content (AvgIpc) is 3.12. The molecule has 23 heavy (non-hydrogen) atoms. The van der Waals surface area contributed by atoms with Crippen LogP contribution in [-0.2, 0) is 9.53 Å². The lowest BCUT2D eigenvalue weighted by Crippen LogP contribution is -2.37. The van der Waals surface area contributed by atoms with Gasteiger partial charge in [-0.25, -0.2) is 0 Å². The summed E-state index contributed by atoms with van der Waals surface area (Å²) in [5.74, 6) is -0.205. The van der Waals surface area contributed by atoms with Crippen LogP contribution < -0.4 is 5.32 Å². The smallest absolute Gasteiger partial charge is 0.276 e. The van der Waals surface area contributed by atoms with E-state index in [-0.39, 0.29) is 17.7 Å². The van der Waals surface area contributed by atoms with Crippen LogP contribution in [0.25, 0.3) is 6.08 Å². The van der Waals surface area contributed by atoms with E-state index >= 15 is 0 Å². The molecular formula is C15H15N3O4S. The second kappa shape index (κ2) is 6.43. The van der Waals surface area contributed by atoms with Crippen molar-refractivity contribution in [2.24, 2.45) is 0 Å². The van der Waals surface area contributed by atoms with Gasteiger partial charge in [-0.05, 0) is 48.8 Å². The van der Waals surface area contributed by atoms with Gasteiger partial charge in [-0.2, -0.15) is 0 Å². The van der Waals surface area contributed by atoms with Gasteiger partial charge in [0, 0.05) is 18.7 Å². The first kappa shape index (κ1) is 15.6. The van der Waals surface area contributed by atoms with Crippen LogP contribution >= 0.6 is 12.2 Å². The van der Waals surface area contributed by atoms with Crippen molar-refractivity contribution in [3.63, 3.8) is 0 Å². The highest BCUT2D eigenvalue weighted by Crippen LogP contribution is 2.20. The van der Waals surface area contributed by atoms with E-state index in [1.807, 2.05) is 0 Å². The van der Waals surface area contributed by atoms with Crippen molar-refractivity contribution in [2.75, 3.05) is 13.2 Å². The minimum atomic E-state index is -0.464. The highest BCUT2D eigenvalue weighted by Gasteiger charge is 2.33. The van der Waals surface area contributed by atoms with E-state index in [9.17, 15) is 14.9 Å². The predicted molar refractivity (Wildman–Crippen MR) is 87.5 cm³/mol. The van der Waals surface area contributed by atoms with Crippen LogP contribution in [0.4, 0.5) is 5.69 Å². The first-order valence-electron chi connectivity index (χ1n) is 7.25. The number of nitrogens with one attached hydrogen (secondary N) is 1. The Morgan fingerprint density at radius 2 is 2.17 bits per heavy atom. The number of carbonyl (C=O) groups excluding carboxylic acids is 1. The summed E-state index contributed by atoms with van der Waals surface area (Å²) in [6.07, 6.45) is 3.58. The molecule has 0 spiro atoms. The number of nitrogens with zero attached hydrogens (tertiary/aromatic N) is 2. The molecule has 1 N–H and O–H groups in total. The van der Waals surface area contributed by atoms with E-state index in [4.69, 9.17) is 17.0 Å². The van der Waals surface area contributed by atoms with Crippen LogP contribution in [0, 0.1) is 10.1 Å². The first-order chi connectivity index (χ1) is 11.0. The molecule has 0 aliphatic carbocycles. The minimum Gasteiger partial charge on any atom is -0.376 e. The summed E-state index contributed by atoms with van der Waals surface area (Å²) < 4.78 is 5.54. The Bertz CT molecular complexity index is 680. The van der Waals surface area contributed by atoms with Gasteiger partial charge in [0.25, 0.3) is 11.6 Å². The van der Waals surface area contributed by atoms with E-state index in [0.29, 0.717) is 22.9 Å². The summed E-state index contributed by atoms with van der Waals surface area (Å²) in [5, 5.41) is 13.9. The van der Waals surface area contributed by atoms with Crippen molar-refractivity contribution in [3.05, 3.63) is 45.6 Å². The molecule has 2 heterocycles. The number of ether oxygens (including phenoxy) is 1. The number of hydrogen-bond donors (Lipinski definition) is 1. The van der Waals surface area contributed by atoms with Gasteiger partial charge < -0.3 is 10.1 Å². The van der Waals surface area contributed by atoms with Crippen LogP contribution in [0.3, 0.4) is 0 Å². The van der Waals surface area contributed by atoms with Crippen LogP contribution in [0.15, 0.2) is 30.0 Å². The lowest BCUT2D eigenvalue weighted by atomic mass is 10.1. The number of nitro groups is 1. The fraction of sp³-hybridized carbons (Fsp3) is 0.333. The van der Waals surface area contributed by atoms with Gasteiger partial charge in [-0.3, -0.25) is 19.8 Å². The zero-order valence-electron chi connectivity index (χ0n) is 12.2. The minimum absolute atomic E-state index is 0.00777. The van der Waals surface area contributed by atoms with Crippen LogP contribution in [-0.4, -0.2) is 40.1 Å². The fourth-order valence-electron chi connectivity index (χ4n) is 2.59. The molecule has 0 radical (unpaired) electrons. The molecule has 0 bridgehead atoms. The third-order valence-electron chi connectivity index (χ3n) is 3.79. The Morgan fingerprint density at radius 3 is 2.78 bits per heavy atom. The Morgan fingerprint density at radius 1 is 1.43 bits per heavy atom. The highest BCUT2D eigenvalue weighted by molar-refractivity contribution is 7.80. The molecule has 2 aliphatic heterocycles. The number of benzene rings is 1. The van der Waals surface area contributed by atoms with Crippen LogP contribution in [0.1, 0.15) is 18.4 Å². The van der Waals surface area contributed by atoms with E-state index in [1.54, 1.807) is 18.2 Å². The second-order valence-electron chi connectivity index (χ2n) is 5.39. The lowest BCUT2D eigenvalue weighted by molar-refractivity contribution is -0.384. The highest BCUT2D eigenvalue weighted by atomic mass is 32.1. The number of rotatable bonds is 4. The Hall–Kier alpha value is -2.32. The maximum Gasteiger partial charge on any atom is 0.276 e. The van der Waals surface area contributed by atoms with E-state index in [0.717, 1.165) is 19.4 Å². The van der Waals surface area contributed by atoms with Crippen LogP contribution in [0.5, 0.6) is 0 Å². The van der Waals surface area contributed by atoms with Gasteiger partial charge in [-0.15, -0.1) is 0 Å². The zero-order valence-corrected chi connectivity index (χ0v) is 13.0. The zero-order chi connectivity index (χ0) is 16.4. The molecule has 1 aromatic carbocycles. The summed E-state index contributed by atoms with van der Waals surface area (Å²) in [4.78, 5) is 24.1. The molecule has 1 unspecified atom stereocenters. The van der Waals surface area contributed by atoms with Crippen molar-refractivity contribution in [2.45, 2.75) is 18.9 Å². The van der Waals surface area contributed by atoms with Gasteiger partial charge in [0.1, 0.15) is 5.70 Å². The van der Waals surface area contributed by atoms with Gasteiger partial charge in [0.05, 0.1) is 17.6 Å². The molecule has 2 aliphatic rings. The maximum atomic E-state index is 12.4. The third kappa shape index (κ3) is 3.38. The maximum absolute atomic E-state index is 12.4. The number of carbonyl (C=O) groups is 1. The predicted octanol–water partition coefficient (Wildman–Crippen LogP) is 1.83. The van der Waals surface area contributed by atoms with Crippen molar-refractivity contribution < 1.29 is 14.5 Å². The third-order valence-corrected chi connectivity index (χ3v) is 4.11. The van der Waals surface area contributed by atoms with Crippen molar-refractivity contribution >= 4 is 35.0 Å². The normalized spacial score (nSPS) is 22.7. The largest absolute Gasteiger partial charge is 0.376 e. The number of nitro benzene ring substituents is 1. The lowest BCUT2D eigenvalue weighted by Gasteiger charge is -2.18. The molecule has 1 amide bonds. The molecule has 2 fully saturated rings. The molecule has 8 heteroatoms. The first-order valence-corrected chi connectivity index (χ1v) is 7.66. The van der Waals surface area contributed by atoms with Crippen molar-refractivity contribution in [1.29, 1.82) is 0 Å². The summed E-state index contributed by atoms with van der Waals surface area (Å²) >= 11 is 5.21.